The molecule has 2 N–H and O–H groups in total. The molecule has 1 unspecified atom stereocenters. The molecule has 17 heavy (non-hydrogen) atoms. The zero-order valence-corrected chi connectivity index (χ0v) is 11.5. The lowest BCUT2D eigenvalue weighted by Crippen LogP contribution is -2.50. The molecule has 0 saturated heterocycles. The van der Waals surface area contributed by atoms with Crippen LogP contribution in [0.4, 0.5) is 0 Å². The fourth-order valence-corrected chi connectivity index (χ4v) is 2.23. The van der Waals surface area contributed by atoms with Crippen LogP contribution in [0.5, 0.6) is 0 Å². The highest BCUT2D eigenvalue weighted by Gasteiger charge is 2.28. The van der Waals surface area contributed by atoms with Gasteiger partial charge in [0.15, 0.2) is 0 Å². The third kappa shape index (κ3) is 4.10. The molecule has 96 valence electrons. The zero-order valence-electron chi connectivity index (χ0n) is 11.5. The summed E-state index contributed by atoms with van der Waals surface area (Å²) in [5.74, 6) is 0.653. The van der Waals surface area contributed by atoms with Crippen LogP contribution in [0.2, 0.25) is 0 Å². The average molecular weight is 235 g/mol. The summed E-state index contributed by atoms with van der Waals surface area (Å²) in [5.41, 5.74) is 7.25. The Hall–Kier alpha value is -0.930. The zero-order chi connectivity index (χ0) is 12.9. The van der Waals surface area contributed by atoms with E-state index in [1.807, 2.05) is 12.3 Å². The molecule has 1 atom stereocenters. The van der Waals surface area contributed by atoms with Crippen molar-refractivity contribution in [2.24, 2.45) is 11.7 Å². The van der Waals surface area contributed by atoms with Crippen LogP contribution >= 0.6 is 0 Å². The Bertz CT molecular complexity index is 323. The number of rotatable bonds is 6. The second-order valence-corrected chi connectivity index (χ2v) is 5.52. The van der Waals surface area contributed by atoms with Crippen molar-refractivity contribution in [1.82, 2.24) is 9.88 Å². The third-order valence-corrected chi connectivity index (χ3v) is 3.35. The number of hydrogen-bond donors (Lipinski definition) is 1. The summed E-state index contributed by atoms with van der Waals surface area (Å²) in [4.78, 5) is 6.49. The molecule has 1 heterocycles. The predicted molar refractivity (Wildman–Crippen MR) is 72.6 cm³/mol. The highest BCUT2D eigenvalue weighted by atomic mass is 15.2. The smallest absolute Gasteiger partial charge is 0.0312 e. The molecular weight excluding hydrogens is 210 g/mol. The van der Waals surface area contributed by atoms with Crippen molar-refractivity contribution in [2.45, 2.75) is 39.3 Å². The van der Waals surface area contributed by atoms with Crippen LogP contribution in [0, 0.1) is 5.92 Å². The Balaban J connectivity index is 2.69. The van der Waals surface area contributed by atoms with Crippen LogP contribution in [-0.4, -0.2) is 29.0 Å². The molecule has 1 rings (SSSR count). The third-order valence-electron chi connectivity index (χ3n) is 3.35. The van der Waals surface area contributed by atoms with Crippen molar-refractivity contribution in [2.75, 3.05) is 13.6 Å². The molecule has 0 saturated carbocycles. The predicted octanol–water partition coefficient (Wildman–Crippen LogP) is 2.28. The summed E-state index contributed by atoms with van der Waals surface area (Å²) >= 11 is 0. The lowest BCUT2D eigenvalue weighted by molar-refractivity contribution is 0.111. The molecule has 0 aromatic carbocycles. The maximum atomic E-state index is 5.95. The van der Waals surface area contributed by atoms with Crippen LogP contribution in [0.3, 0.4) is 0 Å². The summed E-state index contributed by atoms with van der Waals surface area (Å²) < 4.78 is 0. The topological polar surface area (TPSA) is 42.1 Å². The summed E-state index contributed by atoms with van der Waals surface area (Å²) in [7, 11) is 2.14. The Kier molecular flexibility index (Phi) is 5.09. The van der Waals surface area contributed by atoms with E-state index in [1.165, 1.54) is 5.56 Å². The first-order valence-corrected chi connectivity index (χ1v) is 6.28. The van der Waals surface area contributed by atoms with Crippen LogP contribution in [0.1, 0.15) is 32.8 Å². The molecule has 0 fully saturated rings. The Morgan fingerprint density at radius 1 is 1.47 bits per heavy atom. The van der Waals surface area contributed by atoms with Crippen LogP contribution in [-0.2, 0) is 6.54 Å². The van der Waals surface area contributed by atoms with Gasteiger partial charge in [0.25, 0.3) is 0 Å². The number of hydrogen-bond acceptors (Lipinski definition) is 3. The number of pyridine rings is 1. The van der Waals surface area contributed by atoms with Gasteiger partial charge in [-0.05, 0) is 37.9 Å². The van der Waals surface area contributed by atoms with Gasteiger partial charge < -0.3 is 5.73 Å². The van der Waals surface area contributed by atoms with E-state index in [9.17, 15) is 0 Å². The molecule has 0 aliphatic rings. The van der Waals surface area contributed by atoms with Gasteiger partial charge in [0.1, 0.15) is 0 Å². The maximum absolute atomic E-state index is 5.95. The van der Waals surface area contributed by atoms with E-state index in [2.05, 4.69) is 43.8 Å². The van der Waals surface area contributed by atoms with Gasteiger partial charge in [0, 0.05) is 31.0 Å². The molecule has 0 radical (unpaired) electrons. The molecular formula is C14H25N3. The van der Waals surface area contributed by atoms with Gasteiger partial charge >= 0.3 is 0 Å². The minimum atomic E-state index is 0.0595. The number of aromatic nitrogens is 1. The lowest BCUT2D eigenvalue weighted by atomic mass is 9.89. The SMILES string of the molecule is CC(C)CC(C)(CN)N(C)Cc1cccnc1. The molecule has 0 amide bonds. The minimum Gasteiger partial charge on any atom is -0.329 e. The van der Waals surface area contributed by atoms with Crippen molar-refractivity contribution in [3.8, 4) is 0 Å². The molecule has 1 aromatic heterocycles. The molecule has 0 spiro atoms. The second kappa shape index (κ2) is 6.12. The maximum Gasteiger partial charge on any atom is 0.0312 e. The molecule has 0 aliphatic heterocycles. The van der Waals surface area contributed by atoms with Gasteiger partial charge in [-0.25, -0.2) is 0 Å². The van der Waals surface area contributed by atoms with Crippen molar-refractivity contribution in [3.05, 3.63) is 30.1 Å². The van der Waals surface area contributed by atoms with Gasteiger partial charge in [-0.2, -0.15) is 0 Å². The second-order valence-electron chi connectivity index (χ2n) is 5.52. The molecule has 0 bridgehead atoms. The van der Waals surface area contributed by atoms with E-state index in [-0.39, 0.29) is 5.54 Å². The number of nitrogens with zero attached hydrogens (tertiary/aromatic N) is 2. The first-order valence-electron chi connectivity index (χ1n) is 6.28. The summed E-state index contributed by atoms with van der Waals surface area (Å²) in [6.45, 7) is 8.30. The largest absolute Gasteiger partial charge is 0.329 e. The van der Waals surface area contributed by atoms with E-state index >= 15 is 0 Å². The molecule has 3 nitrogen and oxygen atoms in total. The lowest BCUT2D eigenvalue weighted by Gasteiger charge is -2.39. The Labute approximate surface area is 105 Å². The number of likely N-dealkylation sites (N-methyl/N-ethyl adjacent to an activating group) is 1. The van der Waals surface area contributed by atoms with Crippen molar-refractivity contribution >= 4 is 0 Å². The quantitative estimate of drug-likeness (QED) is 0.822. The van der Waals surface area contributed by atoms with E-state index in [0.29, 0.717) is 12.5 Å². The Morgan fingerprint density at radius 3 is 2.65 bits per heavy atom. The molecule has 1 aromatic rings. The standard InChI is InChI=1S/C14H25N3/c1-12(2)8-14(3,11-15)17(4)10-13-6-5-7-16-9-13/h5-7,9,12H,8,10-11,15H2,1-4H3. The Morgan fingerprint density at radius 2 is 2.18 bits per heavy atom. The normalized spacial score (nSPS) is 15.2. The molecule has 3 heteroatoms. The highest BCUT2D eigenvalue weighted by Crippen LogP contribution is 2.23. The van der Waals surface area contributed by atoms with Gasteiger partial charge in [-0.3, -0.25) is 9.88 Å². The van der Waals surface area contributed by atoms with Gasteiger partial charge in [0.2, 0.25) is 0 Å². The fourth-order valence-electron chi connectivity index (χ4n) is 2.23. The monoisotopic (exact) mass is 235 g/mol. The van der Waals surface area contributed by atoms with E-state index < -0.39 is 0 Å². The van der Waals surface area contributed by atoms with E-state index in [1.54, 1.807) is 6.20 Å². The molecule has 0 aliphatic carbocycles. The van der Waals surface area contributed by atoms with Crippen molar-refractivity contribution in [3.63, 3.8) is 0 Å². The first-order chi connectivity index (χ1) is 7.98. The fraction of sp³-hybridized carbons (Fsp3) is 0.643. The van der Waals surface area contributed by atoms with Gasteiger partial charge in [-0.1, -0.05) is 19.9 Å². The first kappa shape index (κ1) is 14.1. The highest BCUT2D eigenvalue weighted by molar-refractivity contribution is 5.09. The van der Waals surface area contributed by atoms with Crippen LogP contribution in [0.15, 0.2) is 24.5 Å². The minimum absolute atomic E-state index is 0.0595. The summed E-state index contributed by atoms with van der Waals surface area (Å²) in [6.07, 6.45) is 4.84. The average Bonchev–Trinajstić information content (AvgIpc) is 2.29. The van der Waals surface area contributed by atoms with E-state index in [4.69, 9.17) is 5.73 Å². The van der Waals surface area contributed by atoms with E-state index in [0.717, 1.165) is 13.0 Å². The van der Waals surface area contributed by atoms with Crippen molar-refractivity contribution < 1.29 is 0 Å². The van der Waals surface area contributed by atoms with Gasteiger partial charge in [0.05, 0.1) is 0 Å². The van der Waals surface area contributed by atoms with Crippen LogP contribution in [0.25, 0.3) is 0 Å². The number of nitrogens with two attached hydrogens (primary N) is 1. The van der Waals surface area contributed by atoms with Crippen molar-refractivity contribution in [1.29, 1.82) is 0 Å². The summed E-state index contributed by atoms with van der Waals surface area (Å²) in [5, 5.41) is 0. The van der Waals surface area contributed by atoms with Crippen LogP contribution < -0.4 is 5.73 Å². The summed E-state index contributed by atoms with van der Waals surface area (Å²) in [6, 6.07) is 4.08. The van der Waals surface area contributed by atoms with Gasteiger partial charge in [-0.15, -0.1) is 0 Å².